The van der Waals surface area contributed by atoms with Crippen molar-refractivity contribution in [3.05, 3.63) is 27.4 Å². The Hall–Kier alpha value is -0.850. The topological polar surface area (TPSA) is 58.2 Å². The van der Waals surface area contributed by atoms with Crippen molar-refractivity contribution in [2.24, 2.45) is 0 Å². The number of ether oxygens (including phenoxy) is 1. The number of nitrogens with one attached hydrogen (secondary N) is 1. The molecule has 1 N–H and O–H groups in total. The second-order valence-electron chi connectivity index (χ2n) is 4.62. The Morgan fingerprint density at radius 1 is 1.56 bits per heavy atom. The number of H-pyrrole nitrogens is 1. The summed E-state index contributed by atoms with van der Waals surface area (Å²) in [6, 6.07) is 0. The van der Waals surface area contributed by atoms with Gasteiger partial charge in [-0.1, -0.05) is 6.92 Å². The van der Waals surface area contributed by atoms with Crippen LogP contribution in [0.4, 0.5) is 0 Å². The van der Waals surface area contributed by atoms with Crippen LogP contribution in [0.15, 0.2) is 4.79 Å². The first-order valence-electron chi connectivity index (χ1n) is 6.31. The molecule has 1 aromatic heterocycles. The fourth-order valence-corrected chi connectivity index (χ4v) is 3.43. The van der Waals surface area contributed by atoms with Crippen molar-refractivity contribution in [2.75, 3.05) is 26.2 Å². The van der Waals surface area contributed by atoms with Crippen LogP contribution in [0.3, 0.4) is 0 Å². The van der Waals surface area contributed by atoms with Gasteiger partial charge in [0.1, 0.15) is 11.9 Å². The molecule has 3 heterocycles. The molecule has 1 atom stereocenters. The fourth-order valence-electron chi connectivity index (χ4n) is 2.39. The van der Waals surface area contributed by atoms with E-state index in [1.807, 2.05) is 0 Å². The van der Waals surface area contributed by atoms with Crippen molar-refractivity contribution in [2.45, 2.75) is 24.5 Å². The Morgan fingerprint density at radius 3 is 3.28 bits per heavy atom. The highest BCUT2D eigenvalue weighted by atomic mass is 32.2. The maximum atomic E-state index is 11.9. The van der Waals surface area contributed by atoms with E-state index in [9.17, 15) is 4.79 Å². The smallest absolute Gasteiger partial charge is 0.255 e. The van der Waals surface area contributed by atoms with Crippen molar-refractivity contribution < 1.29 is 4.74 Å². The van der Waals surface area contributed by atoms with E-state index in [-0.39, 0.29) is 11.7 Å². The number of nitrogens with zero attached hydrogens (tertiary/aromatic N) is 2. The molecule has 2 aliphatic rings. The summed E-state index contributed by atoms with van der Waals surface area (Å²) in [5, 5.41) is 0. The predicted molar refractivity (Wildman–Crippen MR) is 70.7 cm³/mol. The van der Waals surface area contributed by atoms with E-state index in [4.69, 9.17) is 4.74 Å². The van der Waals surface area contributed by atoms with E-state index in [0.717, 1.165) is 42.4 Å². The Balaban J connectivity index is 1.88. The summed E-state index contributed by atoms with van der Waals surface area (Å²) in [6.45, 7) is 5.61. The largest absolute Gasteiger partial charge is 0.368 e. The predicted octanol–water partition coefficient (Wildman–Crippen LogP) is 0.910. The fraction of sp³-hybridized carbons (Fsp3) is 0.667. The molecule has 0 spiro atoms. The van der Waals surface area contributed by atoms with Gasteiger partial charge in [-0.15, -0.1) is 0 Å². The number of likely N-dealkylation sites (N-methyl/N-ethyl adjacent to an activating group) is 1. The van der Waals surface area contributed by atoms with Gasteiger partial charge in [-0.2, -0.15) is 11.8 Å². The molecule has 0 radical (unpaired) electrons. The van der Waals surface area contributed by atoms with Gasteiger partial charge in [0.2, 0.25) is 0 Å². The van der Waals surface area contributed by atoms with Gasteiger partial charge in [0.15, 0.2) is 0 Å². The number of morpholine rings is 1. The van der Waals surface area contributed by atoms with Crippen molar-refractivity contribution in [1.29, 1.82) is 0 Å². The van der Waals surface area contributed by atoms with E-state index < -0.39 is 0 Å². The normalized spacial score (nSPS) is 24.2. The third-order valence-electron chi connectivity index (χ3n) is 3.51. The van der Waals surface area contributed by atoms with E-state index in [1.54, 1.807) is 11.8 Å². The molecule has 98 valence electrons. The van der Waals surface area contributed by atoms with Crippen LogP contribution in [-0.4, -0.2) is 41.1 Å². The molecule has 6 heteroatoms. The van der Waals surface area contributed by atoms with Crippen LogP contribution in [-0.2, 0) is 16.2 Å². The first kappa shape index (κ1) is 12.2. The SMILES string of the molecule is CCN1CCOC(c2nc3c(c(=O)[nH]2)CSC3)C1. The van der Waals surface area contributed by atoms with Crippen LogP contribution in [0.1, 0.15) is 30.1 Å². The van der Waals surface area contributed by atoms with E-state index in [1.165, 1.54) is 0 Å². The summed E-state index contributed by atoms with van der Waals surface area (Å²) in [6.07, 6.45) is -0.0951. The van der Waals surface area contributed by atoms with Gasteiger partial charge >= 0.3 is 0 Å². The van der Waals surface area contributed by atoms with E-state index >= 15 is 0 Å². The van der Waals surface area contributed by atoms with E-state index in [2.05, 4.69) is 21.8 Å². The van der Waals surface area contributed by atoms with Crippen molar-refractivity contribution in [1.82, 2.24) is 14.9 Å². The maximum Gasteiger partial charge on any atom is 0.255 e. The molecule has 0 aliphatic carbocycles. The summed E-state index contributed by atoms with van der Waals surface area (Å²) in [4.78, 5) is 21.7. The number of hydrogen-bond acceptors (Lipinski definition) is 5. The average molecular weight is 267 g/mol. The molecule has 3 rings (SSSR count). The maximum absolute atomic E-state index is 11.9. The summed E-state index contributed by atoms with van der Waals surface area (Å²) in [5.74, 6) is 2.32. The molecule has 0 bridgehead atoms. The highest BCUT2D eigenvalue weighted by Gasteiger charge is 2.25. The molecule has 0 saturated carbocycles. The second-order valence-corrected chi connectivity index (χ2v) is 5.61. The molecule has 1 fully saturated rings. The quantitative estimate of drug-likeness (QED) is 0.863. The van der Waals surface area contributed by atoms with E-state index in [0.29, 0.717) is 12.4 Å². The monoisotopic (exact) mass is 267 g/mol. The number of aromatic nitrogens is 2. The van der Waals surface area contributed by atoms with Crippen LogP contribution in [0.2, 0.25) is 0 Å². The lowest BCUT2D eigenvalue weighted by Gasteiger charge is -2.31. The third-order valence-corrected chi connectivity index (χ3v) is 4.48. The zero-order valence-electron chi connectivity index (χ0n) is 10.4. The summed E-state index contributed by atoms with van der Waals surface area (Å²) < 4.78 is 5.73. The highest BCUT2D eigenvalue weighted by Crippen LogP contribution is 2.27. The Bertz CT molecular complexity index is 503. The minimum Gasteiger partial charge on any atom is -0.368 e. The number of aromatic amines is 1. The van der Waals surface area contributed by atoms with Crippen LogP contribution >= 0.6 is 11.8 Å². The molecule has 1 saturated heterocycles. The van der Waals surface area contributed by atoms with Gasteiger partial charge < -0.3 is 9.72 Å². The lowest BCUT2D eigenvalue weighted by atomic mass is 10.2. The van der Waals surface area contributed by atoms with Crippen molar-refractivity contribution >= 4 is 11.8 Å². The van der Waals surface area contributed by atoms with Crippen molar-refractivity contribution in [3.63, 3.8) is 0 Å². The zero-order chi connectivity index (χ0) is 12.5. The Kier molecular flexibility index (Phi) is 3.41. The minimum absolute atomic E-state index is 0.0113. The number of hydrogen-bond donors (Lipinski definition) is 1. The number of fused-ring (bicyclic) bond motifs is 1. The molecular weight excluding hydrogens is 250 g/mol. The standard InChI is InChI=1S/C12H17N3O2S/c1-2-15-3-4-17-10(5-15)11-13-9-7-18-6-8(9)12(16)14-11/h10H,2-7H2,1H3,(H,13,14,16). The molecular formula is C12H17N3O2S. The second kappa shape index (κ2) is 5.03. The molecule has 1 unspecified atom stereocenters. The van der Waals surface area contributed by atoms with Gasteiger partial charge in [0.05, 0.1) is 12.3 Å². The van der Waals surface area contributed by atoms with Gasteiger partial charge in [-0.05, 0) is 6.54 Å². The van der Waals surface area contributed by atoms with Crippen LogP contribution < -0.4 is 5.56 Å². The lowest BCUT2D eigenvalue weighted by Crippen LogP contribution is -2.39. The average Bonchev–Trinajstić information content (AvgIpc) is 2.87. The third kappa shape index (κ3) is 2.20. The summed E-state index contributed by atoms with van der Waals surface area (Å²) >= 11 is 1.74. The Morgan fingerprint density at radius 2 is 2.44 bits per heavy atom. The van der Waals surface area contributed by atoms with Gasteiger partial charge in [0.25, 0.3) is 5.56 Å². The Labute approximate surface area is 110 Å². The molecule has 1 aromatic rings. The van der Waals surface area contributed by atoms with Crippen molar-refractivity contribution in [3.8, 4) is 0 Å². The van der Waals surface area contributed by atoms with Crippen LogP contribution in [0.5, 0.6) is 0 Å². The highest BCUT2D eigenvalue weighted by molar-refractivity contribution is 7.98. The lowest BCUT2D eigenvalue weighted by molar-refractivity contribution is -0.0327. The van der Waals surface area contributed by atoms with Gasteiger partial charge in [-0.25, -0.2) is 4.98 Å². The molecule has 5 nitrogen and oxygen atoms in total. The van der Waals surface area contributed by atoms with Crippen LogP contribution in [0.25, 0.3) is 0 Å². The van der Waals surface area contributed by atoms with Crippen LogP contribution in [0, 0.1) is 0 Å². The minimum atomic E-state index is -0.0951. The number of thioether (sulfide) groups is 1. The first-order valence-corrected chi connectivity index (χ1v) is 7.47. The summed E-state index contributed by atoms with van der Waals surface area (Å²) in [5.41, 5.74) is 1.79. The molecule has 0 aromatic carbocycles. The van der Waals surface area contributed by atoms with Gasteiger partial charge in [-0.3, -0.25) is 9.69 Å². The van der Waals surface area contributed by atoms with Gasteiger partial charge in [0, 0.05) is 30.2 Å². The molecule has 0 amide bonds. The number of rotatable bonds is 2. The molecule has 18 heavy (non-hydrogen) atoms. The zero-order valence-corrected chi connectivity index (χ0v) is 11.3. The first-order chi connectivity index (χ1) is 8.78. The molecule has 2 aliphatic heterocycles. The summed E-state index contributed by atoms with van der Waals surface area (Å²) in [7, 11) is 0.